The first-order chi connectivity index (χ1) is 12.0. The van der Waals surface area contributed by atoms with Gasteiger partial charge in [0.1, 0.15) is 5.82 Å². The lowest BCUT2D eigenvalue weighted by Crippen LogP contribution is -2.27. The van der Waals surface area contributed by atoms with E-state index in [9.17, 15) is 9.18 Å². The molecule has 0 bridgehead atoms. The molecule has 2 aromatic rings. The summed E-state index contributed by atoms with van der Waals surface area (Å²) in [5, 5.41) is -0.0457. The zero-order valence-corrected chi connectivity index (χ0v) is 15.6. The number of amides is 1. The van der Waals surface area contributed by atoms with Gasteiger partial charge in [-0.3, -0.25) is 9.69 Å². The third-order valence-electron chi connectivity index (χ3n) is 3.51. The minimum Gasteiger partial charge on any atom is -0.268 e. The average Bonchev–Trinajstić information content (AvgIpc) is 2.85. The highest BCUT2D eigenvalue weighted by atomic mass is 35.5. The Labute approximate surface area is 160 Å². The second-order valence-electron chi connectivity index (χ2n) is 5.41. The SMILES string of the molecule is CC(=Cc1ccccc1)C=C1SC(=S)N(c2ccc(F)c(Cl)c2)C1=O. The zero-order valence-electron chi connectivity index (χ0n) is 13.2. The van der Waals surface area contributed by atoms with Crippen LogP contribution in [0.25, 0.3) is 6.08 Å². The largest absolute Gasteiger partial charge is 0.270 e. The lowest BCUT2D eigenvalue weighted by atomic mass is 10.1. The van der Waals surface area contributed by atoms with Crippen molar-refractivity contribution in [1.29, 1.82) is 0 Å². The van der Waals surface area contributed by atoms with Gasteiger partial charge in [0.15, 0.2) is 4.32 Å². The summed E-state index contributed by atoms with van der Waals surface area (Å²) in [6.07, 6.45) is 3.79. The van der Waals surface area contributed by atoms with Crippen LogP contribution in [0.5, 0.6) is 0 Å². The predicted molar refractivity (Wildman–Crippen MR) is 107 cm³/mol. The van der Waals surface area contributed by atoms with Gasteiger partial charge < -0.3 is 0 Å². The monoisotopic (exact) mass is 389 g/mol. The Balaban J connectivity index is 1.88. The van der Waals surface area contributed by atoms with E-state index in [0.29, 0.717) is 14.9 Å². The lowest BCUT2D eigenvalue weighted by molar-refractivity contribution is -0.113. The molecule has 1 aliphatic rings. The molecule has 0 saturated carbocycles. The van der Waals surface area contributed by atoms with Crippen LogP contribution in [-0.2, 0) is 4.79 Å². The van der Waals surface area contributed by atoms with E-state index < -0.39 is 5.82 Å². The summed E-state index contributed by atoms with van der Waals surface area (Å²) in [7, 11) is 0. The summed E-state index contributed by atoms with van der Waals surface area (Å²) >= 11 is 12.3. The van der Waals surface area contributed by atoms with Gasteiger partial charge in [-0.25, -0.2) is 4.39 Å². The molecule has 2 nitrogen and oxygen atoms in total. The number of nitrogens with zero attached hydrogens (tertiary/aromatic N) is 1. The van der Waals surface area contributed by atoms with Crippen LogP contribution in [0.1, 0.15) is 12.5 Å². The predicted octanol–water partition coefficient (Wildman–Crippen LogP) is 5.83. The summed E-state index contributed by atoms with van der Waals surface area (Å²) in [6, 6.07) is 13.9. The molecule has 1 aliphatic heterocycles. The molecule has 0 atom stereocenters. The topological polar surface area (TPSA) is 20.3 Å². The number of allylic oxidation sites excluding steroid dienone is 2. The van der Waals surface area contributed by atoms with Crippen LogP contribution in [0.15, 0.2) is 65.1 Å². The maximum absolute atomic E-state index is 13.3. The van der Waals surface area contributed by atoms with Crippen LogP contribution in [0.2, 0.25) is 5.02 Å². The van der Waals surface area contributed by atoms with Crippen molar-refractivity contribution in [3.05, 3.63) is 81.5 Å². The lowest BCUT2D eigenvalue weighted by Gasteiger charge is -2.14. The normalized spacial score (nSPS) is 16.8. The van der Waals surface area contributed by atoms with Crippen LogP contribution >= 0.6 is 35.6 Å². The van der Waals surface area contributed by atoms with Crippen molar-refractivity contribution in [2.45, 2.75) is 6.92 Å². The number of rotatable bonds is 3. The van der Waals surface area contributed by atoms with Crippen LogP contribution in [0, 0.1) is 5.82 Å². The fourth-order valence-electron chi connectivity index (χ4n) is 2.38. The molecule has 1 fully saturated rings. The van der Waals surface area contributed by atoms with Crippen LogP contribution in [-0.4, -0.2) is 10.2 Å². The molecule has 0 aromatic heterocycles. The van der Waals surface area contributed by atoms with E-state index in [1.165, 1.54) is 34.9 Å². The summed E-state index contributed by atoms with van der Waals surface area (Å²) in [4.78, 5) is 14.6. The first kappa shape index (κ1) is 17.9. The highest BCUT2D eigenvalue weighted by Crippen LogP contribution is 2.36. The summed E-state index contributed by atoms with van der Waals surface area (Å²) in [5.41, 5.74) is 2.45. The molecular weight excluding hydrogens is 377 g/mol. The van der Waals surface area contributed by atoms with E-state index >= 15 is 0 Å². The van der Waals surface area contributed by atoms with Crippen molar-refractivity contribution in [2.75, 3.05) is 4.90 Å². The van der Waals surface area contributed by atoms with E-state index in [2.05, 4.69) is 0 Å². The first-order valence-electron chi connectivity index (χ1n) is 7.42. The van der Waals surface area contributed by atoms with Gasteiger partial charge >= 0.3 is 0 Å². The first-order valence-corrected chi connectivity index (χ1v) is 9.02. The smallest absolute Gasteiger partial charge is 0.268 e. The standard InChI is InChI=1S/C19H13ClFNOS2/c1-12(9-13-5-3-2-4-6-13)10-17-18(23)22(19(24)25-17)14-7-8-16(21)15(20)11-14/h2-11H,1H3. The minimum atomic E-state index is -0.534. The van der Waals surface area contributed by atoms with E-state index in [1.54, 1.807) is 6.08 Å². The molecule has 126 valence electrons. The van der Waals surface area contributed by atoms with Gasteiger partial charge in [0, 0.05) is 0 Å². The molecule has 3 rings (SSSR count). The maximum atomic E-state index is 13.3. The highest BCUT2D eigenvalue weighted by molar-refractivity contribution is 8.27. The number of halogens is 2. The number of carbonyl (C=O) groups is 1. The van der Waals surface area contributed by atoms with Gasteiger partial charge in [-0.1, -0.05) is 72.0 Å². The number of hydrogen-bond acceptors (Lipinski definition) is 3. The summed E-state index contributed by atoms with van der Waals surface area (Å²) in [5.74, 6) is -0.772. The van der Waals surface area contributed by atoms with Gasteiger partial charge in [0.25, 0.3) is 5.91 Å². The van der Waals surface area contributed by atoms with Crippen molar-refractivity contribution >= 4 is 57.6 Å². The molecule has 2 aromatic carbocycles. The summed E-state index contributed by atoms with van der Waals surface area (Å²) in [6.45, 7) is 1.92. The molecule has 1 heterocycles. The van der Waals surface area contributed by atoms with Gasteiger partial charge in [-0.05, 0) is 42.3 Å². The number of hydrogen-bond donors (Lipinski definition) is 0. The number of thioether (sulfide) groups is 1. The molecule has 25 heavy (non-hydrogen) atoms. The molecule has 1 amide bonds. The van der Waals surface area contributed by atoms with Crippen LogP contribution < -0.4 is 4.90 Å². The van der Waals surface area contributed by atoms with Crippen LogP contribution in [0.4, 0.5) is 10.1 Å². The number of anilines is 1. The quantitative estimate of drug-likeness (QED) is 0.486. The Morgan fingerprint density at radius 2 is 1.96 bits per heavy atom. The fraction of sp³-hybridized carbons (Fsp3) is 0.0526. The van der Waals surface area contributed by atoms with Crippen molar-refractivity contribution < 1.29 is 9.18 Å². The average molecular weight is 390 g/mol. The molecule has 0 N–H and O–H groups in total. The van der Waals surface area contributed by atoms with Gasteiger partial charge in [0.05, 0.1) is 15.6 Å². The molecule has 0 spiro atoms. The highest BCUT2D eigenvalue weighted by Gasteiger charge is 2.33. The molecule has 0 radical (unpaired) electrons. The molecule has 6 heteroatoms. The van der Waals surface area contributed by atoms with Crippen molar-refractivity contribution in [3.63, 3.8) is 0 Å². The van der Waals surface area contributed by atoms with Gasteiger partial charge in [-0.2, -0.15) is 0 Å². The summed E-state index contributed by atoms with van der Waals surface area (Å²) < 4.78 is 13.7. The number of carbonyl (C=O) groups excluding carboxylic acids is 1. The third kappa shape index (κ3) is 4.00. The third-order valence-corrected chi connectivity index (χ3v) is 5.10. The Morgan fingerprint density at radius 1 is 1.24 bits per heavy atom. The molecule has 1 saturated heterocycles. The van der Waals surface area contributed by atoms with Crippen LogP contribution in [0.3, 0.4) is 0 Å². The van der Waals surface area contributed by atoms with E-state index in [0.717, 1.165) is 11.1 Å². The van der Waals surface area contributed by atoms with Gasteiger partial charge in [-0.15, -0.1) is 0 Å². The van der Waals surface area contributed by atoms with E-state index in [4.69, 9.17) is 23.8 Å². The Kier molecular flexibility index (Phi) is 5.37. The Hall–Kier alpha value is -1.95. The maximum Gasteiger partial charge on any atom is 0.270 e. The van der Waals surface area contributed by atoms with E-state index in [1.807, 2.05) is 43.3 Å². The van der Waals surface area contributed by atoms with Crippen molar-refractivity contribution in [3.8, 4) is 0 Å². The minimum absolute atomic E-state index is 0.0457. The molecule has 0 unspecified atom stereocenters. The molecule has 0 aliphatic carbocycles. The second-order valence-corrected chi connectivity index (χ2v) is 7.50. The number of thiocarbonyl (C=S) groups is 1. The fourth-order valence-corrected chi connectivity index (χ4v) is 3.90. The van der Waals surface area contributed by atoms with E-state index in [-0.39, 0.29) is 10.9 Å². The van der Waals surface area contributed by atoms with Crippen molar-refractivity contribution in [1.82, 2.24) is 0 Å². The Morgan fingerprint density at radius 3 is 2.64 bits per heavy atom. The Bertz CT molecular complexity index is 909. The second kappa shape index (κ2) is 7.52. The molecular formula is C19H13ClFNOS2. The van der Waals surface area contributed by atoms with Crippen molar-refractivity contribution in [2.24, 2.45) is 0 Å². The zero-order chi connectivity index (χ0) is 18.0. The number of benzene rings is 2. The van der Waals surface area contributed by atoms with Gasteiger partial charge in [0.2, 0.25) is 0 Å².